The molecular weight excluding hydrogens is 339 g/mol. The molecule has 1 aromatic carbocycles. The van der Waals surface area contributed by atoms with Crippen LogP contribution in [0, 0.1) is 0 Å². The fourth-order valence-electron chi connectivity index (χ4n) is 1.74. The minimum absolute atomic E-state index is 0.144. The van der Waals surface area contributed by atoms with Crippen LogP contribution in [0.4, 0.5) is 33.5 Å². The summed E-state index contributed by atoms with van der Waals surface area (Å²) in [7, 11) is 0. The number of nitrogens with one attached hydrogen (secondary N) is 1. The van der Waals surface area contributed by atoms with Crippen molar-refractivity contribution in [3.63, 3.8) is 0 Å². The molecule has 2 aromatic rings. The number of nitrogens with zero attached hydrogens (tertiary/aromatic N) is 1. The van der Waals surface area contributed by atoms with Gasteiger partial charge in [-0.05, 0) is 36.4 Å². The Morgan fingerprint density at radius 1 is 1.12 bits per heavy atom. The molecule has 1 aromatic heterocycles. The highest BCUT2D eigenvalue weighted by atomic mass is 19.4. The Hall–Kier alpha value is -2.91. The minimum atomic E-state index is -4.75. The Bertz CT molecular complexity index is 732. The molecule has 0 fully saturated rings. The number of pyridine rings is 1. The average molecular weight is 348 g/mol. The van der Waals surface area contributed by atoms with Gasteiger partial charge in [0.2, 0.25) is 0 Å². The predicted octanol–water partition coefficient (Wildman–Crippen LogP) is 4.14. The van der Waals surface area contributed by atoms with Crippen LogP contribution >= 0.6 is 0 Å². The molecule has 2 rings (SSSR count). The zero-order valence-electron chi connectivity index (χ0n) is 11.6. The van der Waals surface area contributed by atoms with Crippen molar-refractivity contribution >= 4 is 17.5 Å². The summed E-state index contributed by atoms with van der Waals surface area (Å²) >= 11 is 0. The van der Waals surface area contributed by atoms with E-state index in [0.29, 0.717) is 6.07 Å². The summed E-state index contributed by atoms with van der Waals surface area (Å²) in [4.78, 5) is 14.3. The van der Waals surface area contributed by atoms with Crippen LogP contribution < -0.4 is 10.1 Å². The van der Waals surface area contributed by atoms with Crippen molar-refractivity contribution in [2.75, 3.05) is 5.32 Å². The molecule has 0 saturated heterocycles. The monoisotopic (exact) mass is 348 g/mol. The van der Waals surface area contributed by atoms with Crippen molar-refractivity contribution in [2.24, 2.45) is 0 Å². The molecule has 10 heteroatoms. The average Bonchev–Trinajstić information content (AvgIpc) is 2.47. The first-order chi connectivity index (χ1) is 11.2. The van der Waals surface area contributed by atoms with Crippen LogP contribution in [-0.4, -0.2) is 22.7 Å². The van der Waals surface area contributed by atoms with Crippen molar-refractivity contribution in [1.82, 2.24) is 4.98 Å². The van der Waals surface area contributed by atoms with Gasteiger partial charge >= 0.3 is 18.8 Å². The van der Waals surface area contributed by atoms with Gasteiger partial charge in [-0.2, -0.15) is 22.0 Å². The standard InChI is InChI=1S/C14H9F5N2O3/c15-13(16)24-8-3-1-7(2-4-8)20-11-9(12(22)23)5-6-10(21-11)14(17,18)19/h1-6,13H,(H,20,21)(H,22,23). The van der Waals surface area contributed by atoms with Crippen LogP contribution in [0.15, 0.2) is 36.4 Å². The Morgan fingerprint density at radius 2 is 1.75 bits per heavy atom. The zero-order chi connectivity index (χ0) is 17.9. The van der Waals surface area contributed by atoms with E-state index in [1.807, 2.05) is 0 Å². The smallest absolute Gasteiger partial charge is 0.433 e. The number of ether oxygens (including phenoxy) is 1. The highest BCUT2D eigenvalue weighted by Gasteiger charge is 2.33. The molecular formula is C14H9F5N2O3. The van der Waals surface area contributed by atoms with Gasteiger partial charge in [-0.3, -0.25) is 0 Å². The number of halogens is 5. The fourth-order valence-corrected chi connectivity index (χ4v) is 1.74. The van der Waals surface area contributed by atoms with Crippen LogP contribution in [0.25, 0.3) is 0 Å². The Kier molecular flexibility index (Phi) is 4.86. The van der Waals surface area contributed by atoms with Gasteiger partial charge in [-0.25, -0.2) is 9.78 Å². The lowest BCUT2D eigenvalue weighted by Crippen LogP contribution is -2.12. The van der Waals surface area contributed by atoms with Crippen molar-refractivity contribution in [2.45, 2.75) is 12.8 Å². The van der Waals surface area contributed by atoms with Crippen LogP contribution in [0.1, 0.15) is 16.1 Å². The van der Waals surface area contributed by atoms with E-state index in [1.165, 1.54) is 12.1 Å². The zero-order valence-corrected chi connectivity index (χ0v) is 11.6. The second kappa shape index (κ2) is 6.69. The number of benzene rings is 1. The normalized spacial score (nSPS) is 11.4. The van der Waals surface area contributed by atoms with Gasteiger partial charge < -0.3 is 15.2 Å². The Balaban J connectivity index is 2.31. The molecule has 0 atom stereocenters. The number of rotatable bonds is 5. The van der Waals surface area contributed by atoms with Gasteiger partial charge in [0.15, 0.2) is 0 Å². The summed E-state index contributed by atoms with van der Waals surface area (Å²) in [5.74, 6) is -2.16. The van der Waals surface area contributed by atoms with Gasteiger partial charge in [0.05, 0.1) is 0 Å². The lowest BCUT2D eigenvalue weighted by Gasteiger charge is -2.12. The molecule has 0 radical (unpaired) electrons. The van der Waals surface area contributed by atoms with Crippen molar-refractivity contribution < 1.29 is 36.6 Å². The van der Waals surface area contributed by atoms with Crippen LogP contribution in [0.3, 0.4) is 0 Å². The fraction of sp³-hybridized carbons (Fsp3) is 0.143. The third kappa shape index (κ3) is 4.31. The largest absolute Gasteiger partial charge is 0.478 e. The third-order valence-electron chi connectivity index (χ3n) is 2.76. The second-order valence-corrected chi connectivity index (χ2v) is 4.42. The van der Waals surface area contributed by atoms with E-state index in [2.05, 4.69) is 15.0 Å². The molecule has 5 nitrogen and oxygen atoms in total. The molecule has 0 unspecified atom stereocenters. The van der Waals surface area contributed by atoms with Crippen LogP contribution in [0.2, 0.25) is 0 Å². The van der Waals surface area contributed by atoms with Crippen molar-refractivity contribution in [3.05, 3.63) is 47.7 Å². The number of hydrogen-bond acceptors (Lipinski definition) is 4. The highest BCUT2D eigenvalue weighted by Crippen LogP contribution is 2.30. The number of alkyl halides is 5. The van der Waals surface area contributed by atoms with Crippen molar-refractivity contribution in [3.8, 4) is 5.75 Å². The van der Waals surface area contributed by atoms with Crippen LogP contribution in [-0.2, 0) is 6.18 Å². The number of carboxylic acid groups (broad SMARTS) is 1. The number of carbonyl (C=O) groups is 1. The van der Waals surface area contributed by atoms with E-state index in [4.69, 9.17) is 5.11 Å². The summed E-state index contributed by atoms with van der Waals surface area (Å²) in [5, 5.41) is 11.4. The molecule has 24 heavy (non-hydrogen) atoms. The maximum absolute atomic E-state index is 12.7. The van der Waals surface area contributed by atoms with E-state index >= 15 is 0 Å². The molecule has 0 spiro atoms. The molecule has 0 bridgehead atoms. The maximum Gasteiger partial charge on any atom is 0.433 e. The second-order valence-electron chi connectivity index (χ2n) is 4.42. The molecule has 2 N–H and O–H groups in total. The molecule has 0 saturated carbocycles. The summed E-state index contributed by atoms with van der Waals surface area (Å²) in [5.41, 5.74) is -1.60. The number of anilines is 2. The van der Waals surface area contributed by atoms with Gasteiger partial charge in [-0.15, -0.1) is 0 Å². The topological polar surface area (TPSA) is 71.5 Å². The van der Waals surface area contributed by atoms with Crippen molar-refractivity contribution in [1.29, 1.82) is 0 Å². The number of hydrogen-bond donors (Lipinski definition) is 2. The van der Waals surface area contributed by atoms with E-state index in [9.17, 15) is 26.7 Å². The lowest BCUT2D eigenvalue weighted by atomic mass is 10.2. The number of carboxylic acids is 1. The molecule has 0 aliphatic carbocycles. The first-order valence-electron chi connectivity index (χ1n) is 6.30. The van der Waals surface area contributed by atoms with E-state index in [0.717, 1.165) is 18.2 Å². The Labute approximate surface area is 131 Å². The first kappa shape index (κ1) is 17.4. The number of aromatic carboxylic acids is 1. The minimum Gasteiger partial charge on any atom is -0.478 e. The van der Waals surface area contributed by atoms with Gasteiger partial charge in [-0.1, -0.05) is 0 Å². The van der Waals surface area contributed by atoms with Gasteiger partial charge in [0.25, 0.3) is 0 Å². The molecule has 0 amide bonds. The van der Waals surface area contributed by atoms with E-state index in [1.54, 1.807) is 0 Å². The summed E-state index contributed by atoms with van der Waals surface area (Å²) < 4.78 is 66.3. The van der Waals surface area contributed by atoms with Gasteiger partial charge in [0, 0.05) is 5.69 Å². The lowest BCUT2D eigenvalue weighted by molar-refractivity contribution is -0.141. The van der Waals surface area contributed by atoms with Crippen LogP contribution in [0.5, 0.6) is 5.75 Å². The summed E-state index contributed by atoms with van der Waals surface area (Å²) in [6, 6.07) is 6.06. The molecule has 128 valence electrons. The number of aromatic nitrogens is 1. The van der Waals surface area contributed by atoms with Gasteiger partial charge in [0.1, 0.15) is 22.8 Å². The Morgan fingerprint density at radius 3 is 2.25 bits per heavy atom. The SMILES string of the molecule is O=C(O)c1ccc(C(F)(F)F)nc1Nc1ccc(OC(F)F)cc1. The molecule has 1 heterocycles. The molecule has 0 aliphatic rings. The highest BCUT2D eigenvalue weighted by molar-refractivity contribution is 5.94. The predicted molar refractivity (Wildman–Crippen MR) is 72.6 cm³/mol. The maximum atomic E-state index is 12.7. The molecule has 0 aliphatic heterocycles. The summed E-state index contributed by atoms with van der Waals surface area (Å²) in [6.07, 6.45) is -4.75. The quantitative estimate of drug-likeness (QED) is 0.795. The van der Waals surface area contributed by atoms with E-state index in [-0.39, 0.29) is 11.4 Å². The first-order valence-corrected chi connectivity index (χ1v) is 6.30. The summed E-state index contributed by atoms with van der Waals surface area (Å²) in [6.45, 7) is -3.02. The third-order valence-corrected chi connectivity index (χ3v) is 2.76. The van der Waals surface area contributed by atoms with E-state index < -0.39 is 35.8 Å².